The standard InChI is InChI=1S/C24H35BO4/c1-6-7-18(16-27-15-17-8-10-20(26-5)11-9-17)14-25-28-22-13-19-12-21(23(19,2)3)24(22,4)29-25/h6,8-11,18-19,21-22H,1,7,12-16H2,2-5H3/t18-,19+,21+,22?,24+/m0/s1. The zero-order chi connectivity index (χ0) is 20.6. The minimum atomic E-state index is -0.133. The summed E-state index contributed by atoms with van der Waals surface area (Å²) in [7, 11) is 1.55. The maximum Gasteiger partial charge on any atom is 0.458 e. The molecule has 1 unspecified atom stereocenters. The van der Waals surface area contributed by atoms with Gasteiger partial charge in [0.15, 0.2) is 0 Å². The van der Waals surface area contributed by atoms with Gasteiger partial charge in [-0.3, -0.25) is 0 Å². The van der Waals surface area contributed by atoms with Crippen molar-refractivity contribution in [2.24, 2.45) is 23.2 Å². The molecule has 0 N–H and O–H groups in total. The molecule has 0 aromatic heterocycles. The number of ether oxygens (including phenoxy) is 2. The van der Waals surface area contributed by atoms with Gasteiger partial charge in [-0.05, 0) is 73.4 Å². The summed E-state index contributed by atoms with van der Waals surface area (Å²) in [4.78, 5) is 0. The van der Waals surface area contributed by atoms with E-state index in [1.807, 2.05) is 30.3 Å². The fraction of sp³-hybridized carbons (Fsp3) is 0.667. The average Bonchev–Trinajstić information content (AvgIpc) is 3.03. The molecule has 1 heterocycles. The van der Waals surface area contributed by atoms with Crippen LogP contribution in [0.25, 0.3) is 0 Å². The van der Waals surface area contributed by atoms with Gasteiger partial charge in [0.05, 0.1) is 25.4 Å². The molecule has 5 rings (SSSR count). The van der Waals surface area contributed by atoms with E-state index in [0.29, 0.717) is 30.5 Å². The van der Waals surface area contributed by atoms with E-state index in [-0.39, 0.29) is 18.8 Å². The largest absolute Gasteiger partial charge is 0.497 e. The normalized spacial score (nSPS) is 33.0. The summed E-state index contributed by atoms with van der Waals surface area (Å²) in [6.07, 6.45) is 6.41. The van der Waals surface area contributed by atoms with Crippen molar-refractivity contribution in [3.8, 4) is 5.75 Å². The van der Waals surface area contributed by atoms with Crippen LogP contribution in [0, 0.1) is 23.2 Å². The number of hydrogen-bond donors (Lipinski definition) is 0. The predicted molar refractivity (Wildman–Crippen MR) is 116 cm³/mol. The van der Waals surface area contributed by atoms with Crippen LogP contribution in [-0.2, 0) is 20.7 Å². The lowest BCUT2D eigenvalue weighted by molar-refractivity contribution is -0.199. The minimum Gasteiger partial charge on any atom is -0.497 e. The van der Waals surface area contributed by atoms with Crippen LogP contribution >= 0.6 is 0 Å². The lowest BCUT2D eigenvalue weighted by atomic mass is 9.43. The Morgan fingerprint density at radius 1 is 1.24 bits per heavy atom. The molecule has 3 aliphatic carbocycles. The molecule has 3 saturated carbocycles. The molecule has 1 saturated heterocycles. The Balaban J connectivity index is 1.30. The van der Waals surface area contributed by atoms with Crippen molar-refractivity contribution in [3.63, 3.8) is 0 Å². The maximum atomic E-state index is 6.58. The van der Waals surface area contributed by atoms with Crippen molar-refractivity contribution in [2.45, 2.75) is 64.7 Å². The summed E-state index contributed by atoms with van der Waals surface area (Å²) < 4.78 is 24.2. The van der Waals surface area contributed by atoms with Crippen LogP contribution < -0.4 is 4.74 Å². The number of allylic oxidation sites excluding steroid dienone is 1. The van der Waals surface area contributed by atoms with Gasteiger partial charge in [-0.15, -0.1) is 6.58 Å². The van der Waals surface area contributed by atoms with Crippen molar-refractivity contribution >= 4 is 7.12 Å². The Kier molecular flexibility index (Phi) is 5.85. The third-order valence-corrected chi connectivity index (χ3v) is 7.81. The predicted octanol–water partition coefficient (Wildman–Crippen LogP) is 5.13. The molecule has 0 amide bonds. The fourth-order valence-electron chi connectivity index (χ4n) is 5.86. The van der Waals surface area contributed by atoms with Crippen molar-refractivity contribution in [2.75, 3.05) is 13.7 Å². The molecule has 5 atom stereocenters. The molecule has 2 bridgehead atoms. The number of benzene rings is 1. The second-order valence-electron chi connectivity index (χ2n) is 9.89. The maximum absolute atomic E-state index is 6.58. The van der Waals surface area contributed by atoms with Crippen LogP contribution in [-0.4, -0.2) is 32.5 Å². The van der Waals surface area contributed by atoms with Crippen LogP contribution in [0.2, 0.25) is 6.32 Å². The highest BCUT2D eigenvalue weighted by atomic mass is 16.7. The molecule has 4 aliphatic rings. The quantitative estimate of drug-likeness (QED) is 0.427. The van der Waals surface area contributed by atoms with Crippen LogP contribution in [0.1, 0.15) is 45.6 Å². The van der Waals surface area contributed by atoms with Gasteiger partial charge >= 0.3 is 7.12 Å². The zero-order valence-corrected chi connectivity index (χ0v) is 18.4. The van der Waals surface area contributed by atoms with Gasteiger partial charge in [-0.1, -0.05) is 32.1 Å². The third kappa shape index (κ3) is 3.89. The first kappa shape index (κ1) is 21.0. The summed E-state index contributed by atoms with van der Waals surface area (Å²) in [6, 6.07) is 8.03. The molecular weight excluding hydrogens is 363 g/mol. The molecule has 4 fully saturated rings. The molecule has 29 heavy (non-hydrogen) atoms. The van der Waals surface area contributed by atoms with Crippen LogP contribution in [0.15, 0.2) is 36.9 Å². The first-order chi connectivity index (χ1) is 13.9. The van der Waals surface area contributed by atoms with Gasteiger partial charge < -0.3 is 18.8 Å². The summed E-state index contributed by atoms with van der Waals surface area (Å²) in [5, 5.41) is 0. The molecule has 0 spiro atoms. The topological polar surface area (TPSA) is 36.9 Å². The smallest absolute Gasteiger partial charge is 0.458 e. The van der Waals surface area contributed by atoms with Gasteiger partial charge in [0.25, 0.3) is 0 Å². The second-order valence-corrected chi connectivity index (χ2v) is 9.89. The number of methoxy groups -OCH3 is 1. The molecule has 1 aliphatic heterocycles. The van der Waals surface area contributed by atoms with Gasteiger partial charge in [0.1, 0.15) is 5.75 Å². The Hall–Kier alpha value is -1.30. The molecule has 1 aromatic carbocycles. The van der Waals surface area contributed by atoms with Crippen molar-refractivity contribution in [1.29, 1.82) is 0 Å². The Morgan fingerprint density at radius 3 is 2.66 bits per heavy atom. The van der Waals surface area contributed by atoms with E-state index in [2.05, 4.69) is 27.4 Å². The molecule has 0 radical (unpaired) electrons. The van der Waals surface area contributed by atoms with E-state index < -0.39 is 0 Å². The highest BCUT2D eigenvalue weighted by Gasteiger charge is 2.67. The lowest BCUT2D eigenvalue weighted by Crippen LogP contribution is -2.65. The summed E-state index contributed by atoms with van der Waals surface area (Å²) in [5.41, 5.74) is 1.40. The van der Waals surface area contributed by atoms with Crippen LogP contribution in [0.4, 0.5) is 0 Å². The van der Waals surface area contributed by atoms with Crippen LogP contribution in [0.5, 0.6) is 5.75 Å². The first-order valence-electron chi connectivity index (χ1n) is 11.0. The van der Waals surface area contributed by atoms with Crippen molar-refractivity contribution < 1.29 is 18.8 Å². The highest BCUT2D eigenvalue weighted by molar-refractivity contribution is 6.45. The molecule has 4 nitrogen and oxygen atoms in total. The summed E-state index contributed by atoms with van der Waals surface area (Å²) in [6.45, 7) is 12.3. The van der Waals surface area contributed by atoms with Crippen molar-refractivity contribution in [1.82, 2.24) is 0 Å². The number of hydrogen-bond acceptors (Lipinski definition) is 4. The Bertz CT molecular complexity index is 718. The van der Waals surface area contributed by atoms with E-state index in [0.717, 1.165) is 36.4 Å². The first-order valence-corrected chi connectivity index (χ1v) is 11.0. The van der Waals surface area contributed by atoms with E-state index in [1.165, 1.54) is 6.42 Å². The lowest BCUT2D eigenvalue weighted by Gasteiger charge is -2.64. The van der Waals surface area contributed by atoms with E-state index in [1.54, 1.807) is 7.11 Å². The summed E-state index contributed by atoms with van der Waals surface area (Å²) in [5.74, 6) is 2.60. The highest BCUT2D eigenvalue weighted by Crippen LogP contribution is 2.65. The van der Waals surface area contributed by atoms with Crippen molar-refractivity contribution in [3.05, 3.63) is 42.5 Å². The van der Waals surface area contributed by atoms with Gasteiger partial charge in [0.2, 0.25) is 0 Å². The second kappa shape index (κ2) is 8.09. The fourth-order valence-corrected chi connectivity index (χ4v) is 5.86. The molecule has 5 heteroatoms. The monoisotopic (exact) mass is 398 g/mol. The molecule has 1 aromatic rings. The third-order valence-electron chi connectivity index (χ3n) is 7.81. The molecular formula is C24H35BO4. The number of rotatable bonds is 9. The SMILES string of the molecule is C=CC[C@H](COCc1ccc(OC)cc1)CB1OC2C[C@H]3C[C@H](C3(C)C)[C@@]2(C)O1. The summed E-state index contributed by atoms with van der Waals surface area (Å²) >= 11 is 0. The van der Waals surface area contributed by atoms with Gasteiger partial charge in [-0.25, -0.2) is 0 Å². The van der Waals surface area contributed by atoms with E-state index in [9.17, 15) is 0 Å². The zero-order valence-electron chi connectivity index (χ0n) is 18.4. The van der Waals surface area contributed by atoms with E-state index >= 15 is 0 Å². The Morgan fingerprint density at radius 2 is 2.00 bits per heavy atom. The minimum absolute atomic E-state index is 0.130. The van der Waals surface area contributed by atoms with Gasteiger partial charge in [0, 0.05) is 6.61 Å². The molecule has 158 valence electrons. The average molecular weight is 398 g/mol. The van der Waals surface area contributed by atoms with E-state index in [4.69, 9.17) is 18.8 Å². The van der Waals surface area contributed by atoms with Gasteiger partial charge in [-0.2, -0.15) is 0 Å². The van der Waals surface area contributed by atoms with Crippen LogP contribution in [0.3, 0.4) is 0 Å². The Labute approximate surface area is 176 Å².